The van der Waals surface area contributed by atoms with Crippen molar-refractivity contribution in [3.05, 3.63) is 0 Å². The molecule has 0 bridgehead atoms. The van der Waals surface area contributed by atoms with Crippen molar-refractivity contribution in [3.63, 3.8) is 0 Å². The first-order valence-electron chi connectivity index (χ1n) is 3.94. The van der Waals surface area contributed by atoms with E-state index in [0.29, 0.717) is 6.42 Å². The van der Waals surface area contributed by atoms with Crippen LogP contribution in [0.15, 0.2) is 0 Å². The summed E-state index contributed by atoms with van der Waals surface area (Å²) < 4.78 is 0. The van der Waals surface area contributed by atoms with E-state index in [-0.39, 0.29) is 11.8 Å². The number of aldehydes is 1. The zero-order chi connectivity index (χ0) is 8.69. The molecule has 0 aromatic carbocycles. The Hall–Kier alpha value is -0.860. The lowest BCUT2D eigenvalue weighted by molar-refractivity contribution is -0.118. The Balaban J connectivity index is 3.35. The lowest BCUT2D eigenvalue weighted by Gasteiger charge is -2.04. The molecule has 0 saturated carbocycles. The van der Waals surface area contributed by atoms with Crippen molar-refractivity contribution in [2.45, 2.75) is 32.6 Å². The second-order valence-corrected chi connectivity index (χ2v) is 2.66. The molecule has 1 amide bonds. The molecule has 3 nitrogen and oxygen atoms in total. The molecule has 1 unspecified atom stereocenters. The summed E-state index contributed by atoms with van der Waals surface area (Å²) in [6.45, 7) is 1.96. The summed E-state index contributed by atoms with van der Waals surface area (Å²) in [5.41, 5.74) is 4.93. The van der Waals surface area contributed by atoms with Crippen LogP contribution in [0, 0.1) is 5.92 Å². The number of amides is 1. The first-order valence-corrected chi connectivity index (χ1v) is 3.94. The highest BCUT2D eigenvalue weighted by molar-refractivity contribution is 5.73. The van der Waals surface area contributed by atoms with Gasteiger partial charge in [-0.2, -0.15) is 0 Å². The van der Waals surface area contributed by atoms with E-state index in [1.165, 1.54) is 0 Å². The third-order valence-electron chi connectivity index (χ3n) is 1.71. The summed E-state index contributed by atoms with van der Waals surface area (Å²) in [7, 11) is 0. The number of hydrogen-bond donors (Lipinski definition) is 1. The van der Waals surface area contributed by atoms with Crippen molar-refractivity contribution in [3.8, 4) is 0 Å². The Morgan fingerprint density at radius 2 is 2.27 bits per heavy atom. The number of primary amides is 1. The lowest BCUT2D eigenvalue weighted by Crippen LogP contribution is -2.11. The summed E-state index contributed by atoms with van der Waals surface area (Å²) in [6, 6.07) is 0. The third-order valence-corrected chi connectivity index (χ3v) is 1.71. The average molecular weight is 157 g/mol. The van der Waals surface area contributed by atoms with Crippen LogP contribution < -0.4 is 5.73 Å². The minimum Gasteiger partial charge on any atom is -0.370 e. The molecule has 11 heavy (non-hydrogen) atoms. The molecule has 0 aliphatic rings. The van der Waals surface area contributed by atoms with Crippen LogP contribution in [0.1, 0.15) is 32.6 Å². The fourth-order valence-corrected chi connectivity index (χ4v) is 0.907. The van der Waals surface area contributed by atoms with Gasteiger partial charge in [0, 0.05) is 12.3 Å². The third kappa shape index (κ3) is 5.58. The quantitative estimate of drug-likeness (QED) is 0.581. The maximum Gasteiger partial charge on any atom is 0.217 e. The van der Waals surface area contributed by atoms with Crippen LogP contribution >= 0.6 is 0 Å². The molecule has 0 aromatic heterocycles. The van der Waals surface area contributed by atoms with Crippen molar-refractivity contribution in [2.75, 3.05) is 0 Å². The zero-order valence-corrected chi connectivity index (χ0v) is 6.88. The van der Waals surface area contributed by atoms with Gasteiger partial charge in [0.1, 0.15) is 6.29 Å². The normalized spacial score (nSPS) is 12.5. The van der Waals surface area contributed by atoms with Gasteiger partial charge >= 0.3 is 0 Å². The van der Waals surface area contributed by atoms with E-state index in [9.17, 15) is 9.59 Å². The van der Waals surface area contributed by atoms with Crippen LogP contribution in [0.4, 0.5) is 0 Å². The van der Waals surface area contributed by atoms with E-state index in [0.717, 1.165) is 25.5 Å². The molecular formula is C8H15NO2. The second kappa shape index (κ2) is 5.89. The fraction of sp³-hybridized carbons (Fsp3) is 0.750. The summed E-state index contributed by atoms with van der Waals surface area (Å²) in [5, 5.41) is 0. The van der Waals surface area contributed by atoms with Gasteiger partial charge in [0.2, 0.25) is 5.91 Å². The number of nitrogens with two attached hydrogens (primary N) is 1. The van der Waals surface area contributed by atoms with Crippen LogP contribution in [0.2, 0.25) is 0 Å². The Morgan fingerprint density at radius 3 is 2.64 bits per heavy atom. The van der Waals surface area contributed by atoms with Crippen LogP contribution in [-0.2, 0) is 9.59 Å². The van der Waals surface area contributed by atoms with Crippen molar-refractivity contribution in [1.82, 2.24) is 0 Å². The van der Waals surface area contributed by atoms with E-state index < -0.39 is 0 Å². The molecule has 0 radical (unpaired) electrons. The maximum atomic E-state index is 10.3. The monoisotopic (exact) mass is 157 g/mol. The van der Waals surface area contributed by atoms with Crippen LogP contribution in [-0.4, -0.2) is 12.2 Å². The van der Waals surface area contributed by atoms with Gasteiger partial charge in [-0.25, -0.2) is 0 Å². The summed E-state index contributed by atoms with van der Waals surface area (Å²) in [6.07, 6.45) is 3.70. The van der Waals surface area contributed by atoms with Crippen LogP contribution in [0.25, 0.3) is 0 Å². The zero-order valence-electron chi connectivity index (χ0n) is 6.88. The highest BCUT2D eigenvalue weighted by atomic mass is 16.1. The van der Waals surface area contributed by atoms with E-state index in [1.807, 2.05) is 6.92 Å². The molecule has 2 N–H and O–H groups in total. The topological polar surface area (TPSA) is 60.2 Å². The SMILES string of the molecule is CCC(C=O)CCCC(N)=O. The average Bonchev–Trinajstić information content (AvgIpc) is 1.98. The number of carbonyl (C=O) groups excluding carboxylic acids is 2. The summed E-state index contributed by atoms with van der Waals surface area (Å²) in [4.78, 5) is 20.6. The van der Waals surface area contributed by atoms with E-state index in [2.05, 4.69) is 0 Å². The largest absolute Gasteiger partial charge is 0.370 e. The molecule has 0 aliphatic carbocycles. The van der Waals surface area contributed by atoms with Crippen molar-refractivity contribution in [2.24, 2.45) is 11.7 Å². The van der Waals surface area contributed by atoms with Gasteiger partial charge in [0.05, 0.1) is 0 Å². The molecule has 64 valence electrons. The molecule has 0 spiro atoms. The molecule has 0 aliphatic heterocycles. The predicted molar refractivity (Wildman–Crippen MR) is 42.9 cm³/mol. The minimum atomic E-state index is -0.286. The van der Waals surface area contributed by atoms with Crippen LogP contribution in [0.3, 0.4) is 0 Å². The lowest BCUT2D eigenvalue weighted by atomic mass is 10.0. The number of rotatable bonds is 6. The van der Waals surface area contributed by atoms with Crippen LogP contribution in [0.5, 0.6) is 0 Å². The maximum absolute atomic E-state index is 10.3. The predicted octanol–water partition coefficient (Wildman–Crippen LogP) is 0.867. The van der Waals surface area contributed by atoms with Gasteiger partial charge in [0.15, 0.2) is 0 Å². The highest BCUT2D eigenvalue weighted by Gasteiger charge is 2.04. The van der Waals surface area contributed by atoms with Gasteiger partial charge in [-0.1, -0.05) is 6.92 Å². The van der Waals surface area contributed by atoms with E-state index in [1.54, 1.807) is 0 Å². The highest BCUT2D eigenvalue weighted by Crippen LogP contribution is 2.08. The Bertz CT molecular complexity index is 134. The first-order chi connectivity index (χ1) is 5.20. The summed E-state index contributed by atoms with van der Waals surface area (Å²) >= 11 is 0. The minimum absolute atomic E-state index is 0.106. The number of hydrogen-bond acceptors (Lipinski definition) is 2. The second-order valence-electron chi connectivity index (χ2n) is 2.66. The van der Waals surface area contributed by atoms with Gasteiger partial charge in [-0.15, -0.1) is 0 Å². The van der Waals surface area contributed by atoms with Crippen molar-refractivity contribution in [1.29, 1.82) is 0 Å². The van der Waals surface area contributed by atoms with E-state index >= 15 is 0 Å². The molecule has 0 aromatic rings. The van der Waals surface area contributed by atoms with Gasteiger partial charge in [-0.3, -0.25) is 4.79 Å². The molecule has 1 atom stereocenters. The Kier molecular flexibility index (Phi) is 5.43. The molecule has 0 fully saturated rings. The fourth-order valence-electron chi connectivity index (χ4n) is 0.907. The number of carbonyl (C=O) groups is 2. The van der Waals surface area contributed by atoms with Gasteiger partial charge in [-0.05, 0) is 19.3 Å². The smallest absolute Gasteiger partial charge is 0.217 e. The van der Waals surface area contributed by atoms with E-state index in [4.69, 9.17) is 5.73 Å². The van der Waals surface area contributed by atoms with Gasteiger partial charge < -0.3 is 10.5 Å². The molecule has 0 rings (SSSR count). The molecular weight excluding hydrogens is 142 g/mol. The first kappa shape index (κ1) is 10.1. The summed E-state index contributed by atoms with van der Waals surface area (Å²) in [5.74, 6) is -0.180. The molecule has 0 saturated heterocycles. The molecule has 0 heterocycles. The Labute approximate surface area is 67.0 Å². The standard InChI is InChI=1S/C8H15NO2/c1-2-7(6-10)4-3-5-8(9)11/h6-7H,2-5H2,1H3,(H2,9,11). The van der Waals surface area contributed by atoms with Crippen molar-refractivity contribution < 1.29 is 9.59 Å². The van der Waals surface area contributed by atoms with Gasteiger partial charge in [0.25, 0.3) is 0 Å². The molecule has 3 heteroatoms. The van der Waals surface area contributed by atoms with Crippen molar-refractivity contribution >= 4 is 12.2 Å². The Morgan fingerprint density at radius 1 is 1.64 bits per heavy atom.